The Morgan fingerprint density at radius 1 is 1.31 bits per heavy atom. The van der Waals surface area contributed by atoms with E-state index >= 15 is 0 Å². The first-order chi connectivity index (χ1) is 7.31. The maximum Gasteiger partial charge on any atom is 0.326 e. The molecule has 0 aliphatic rings. The fourth-order valence-electron chi connectivity index (χ4n) is 1.28. The van der Waals surface area contributed by atoms with E-state index in [2.05, 4.69) is 5.32 Å². The molecule has 1 amide bonds. The predicted octanol–water partition coefficient (Wildman–Crippen LogP) is 0.585. The van der Waals surface area contributed by atoms with Crippen LogP contribution >= 0.6 is 0 Å². The molecule has 5 nitrogen and oxygen atoms in total. The third kappa shape index (κ3) is 4.18. The van der Waals surface area contributed by atoms with Crippen LogP contribution < -0.4 is 11.1 Å². The number of hydrogen-bond acceptors (Lipinski definition) is 3. The number of nitrogens with two attached hydrogens (primary N) is 1. The molecule has 0 saturated heterocycles. The van der Waals surface area contributed by atoms with Crippen LogP contribution in [0.3, 0.4) is 0 Å². The topological polar surface area (TPSA) is 92.4 Å². The highest BCUT2D eigenvalue weighted by Crippen LogP contribution is 2.07. The monoisotopic (exact) mass is 230 g/mol. The highest BCUT2D eigenvalue weighted by atomic mass is 16.4. The van der Waals surface area contributed by atoms with Crippen LogP contribution in [0.2, 0.25) is 0 Å². The predicted molar refractivity (Wildman–Crippen MR) is 61.8 cm³/mol. The lowest BCUT2D eigenvalue weighted by Gasteiger charge is -2.23. The van der Waals surface area contributed by atoms with Crippen molar-refractivity contribution in [1.82, 2.24) is 5.32 Å². The molecule has 0 spiro atoms. The summed E-state index contributed by atoms with van der Waals surface area (Å²) < 4.78 is 0. The van der Waals surface area contributed by atoms with Crippen LogP contribution in [0.4, 0.5) is 0 Å². The van der Waals surface area contributed by atoms with Crippen molar-refractivity contribution in [2.45, 2.75) is 46.2 Å². The van der Waals surface area contributed by atoms with E-state index in [-0.39, 0.29) is 11.8 Å². The van der Waals surface area contributed by atoms with Gasteiger partial charge in [0.15, 0.2) is 0 Å². The van der Waals surface area contributed by atoms with Crippen LogP contribution in [0, 0.1) is 11.8 Å². The van der Waals surface area contributed by atoms with Crippen LogP contribution in [-0.4, -0.2) is 29.1 Å². The SMILES string of the molecule is CCC(C)C(N)C(=O)N[C@H](C(=O)O)C(C)C. The lowest BCUT2D eigenvalue weighted by molar-refractivity contribution is -0.143. The highest BCUT2D eigenvalue weighted by Gasteiger charge is 2.27. The fourth-order valence-corrected chi connectivity index (χ4v) is 1.28. The van der Waals surface area contributed by atoms with Gasteiger partial charge in [-0.2, -0.15) is 0 Å². The molecule has 0 radical (unpaired) electrons. The minimum Gasteiger partial charge on any atom is -0.480 e. The summed E-state index contributed by atoms with van der Waals surface area (Å²) >= 11 is 0. The van der Waals surface area contributed by atoms with Gasteiger partial charge in [-0.05, 0) is 11.8 Å². The molecule has 0 aromatic rings. The van der Waals surface area contributed by atoms with Crippen LogP contribution in [0.1, 0.15) is 34.1 Å². The minimum absolute atomic E-state index is 0.0432. The number of hydrogen-bond donors (Lipinski definition) is 3. The Morgan fingerprint density at radius 3 is 2.12 bits per heavy atom. The van der Waals surface area contributed by atoms with E-state index in [0.29, 0.717) is 0 Å². The molecule has 0 rings (SSSR count). The summed E-state index contributed by atoms with van der Waals surface area (Å²) in [5.74, 6) is -1.54. The van der Waals surface area contributed by atoms with Gasteiger partial charge in [-0.15, -0.1) is 0 Å². The summed E-state index contributed by atoms with van der Waals surface area (Å²) in [6.45, 7) is 7.30. The zero-order chi connectivity index (χ0) is 12.9. The van der Waals surface area contributed by atoms with E-state index in [4.69, 9.17) is 10.8 Å². The summed E-state index contributed by atoms with van der Waals surface area (Å²) in [7, 11) is 0. The van der Waals surface area contributed by atoms with Gasteiger partial charge in [-0.3, -0.25) is 4.79 Å². The number of amides is 1. The lowest BCUT2D eigenvalue weighted by Crippen LogP contribution is -2.52. The largest absolute Gasteiger partial charge is 0.480 e. The van der Waals surface area contributed by atoms with Crippen molar-refractivity contribution in [3.05, 3.63) is 0 Å². The highest BCUT2D eigenvalue weighted by molar-refractivity contribution is 5.87. The minimum atomic E-state index is -1.03. The van der Waals surface area contributed by atoms with E-state index in [0.717, 1.165) is 6.42 Å². The molecule has 4 N–H and O–H groups in total. The number of carboxylic acid groups (broad SMARTS) is 1. The summed E-state index contributed by atoms with van der Waals surface area (Å²) in [6.07, 6.45) is 0.786. The molecular weight excluding hydrogens is 208 g/mol. The molecule has 0 aliphatic carbocycles. The second-order valence-electron chi connectivity index (χ2n) is 4.48. The second kappa shape index (κ2) is 6.48. The van der Waals surface area contributed by atoms with E-state index < -0.39 is 24.0 Å². The Bertz CT molecular complexity index is 254. The number of aliphatic carboxylic acids is 1. The molecule has 0 bridgehead atoms. The zero-order valence-corrected chi connectivity index (χ0v) is 10.4. The molecular formula is C11H22N2O3. The Kier molecular flexibility index (Phi) is 6.03. The summed E-state index contributed by atoms with van der Waals surface area (Å²) in [5, 5.41) is 11.4. The number of carbonyl (C=O) groups excluding carboxylic acids is 1. The summed E-state index contributed by atoms with van der Waals surface area (Å²) in [4.78, 5) is 22.5. The smallest absolute Gasteiger partial charge is 0.326 e. The molecule has 0 aromatic carbocycles. The number of carboxylic acids is 1. The lowest BCUT2D eigenvalue weighted by atomic mass is 9.98. The van der Waals surface area contributed by atoms with Crippen LogP contribution in [0.15, 0.2) is 0 Å². The molecule has 0 saturated carbocycles. The van der Waals surface area contributed by atoms with E-state index in [1.807, 2.05) is 13.8 Å². The van der Waals surface area contributed by atoms with E-state index in [1.54, 1.807) is 13.8 Å². The standard InChI is InChI=1S/C11H22N2O3/c1-5-7(4)8(12)10(14)13-9(6(2)3)11(15)16/h6-9H,5,12H2,1-4H3,(H,13,14)(H,15,16)/t7?,8?,9-/m0/s1. The first-order valence-electron chi connectivity index (χ1n) is 5.60. The van der Waals surface area contributed by atoms with Crippen molar-refractivity contribution < 1.29 is 14.7 Å². The third-order valence-electron chi connectivity index (χ3n) is 2.79. The van der Waals surface area contributed by atoms with Crippen LogP contribution in [0.5, 0.6) is 0 Å². The Morgan fingerprint density at radius 2 is 1.81 bits per heavy atom. The zero-order valence-electron chi connectivity index (χ0n) is 10.4. The van der Waals surface area contributed by atoms with Crippen molar-refractivity contribution >= 4 is 11.9 Å². The number of rotatable bonds is 6. The molecule has 3 atom stereocenters. The maximum atomic E-state index is 11.7. The Hall–Kier alpha value is -1.10. The van der Waals surface area contributed by atoms with Gasteiger partial charge in [0.25, 0.3) is 0 Å². The molecule has 2 unspecified atom stereocenters. The van der Waals surface area contributed by atoms with Gasteiger partial charge in [0.1, 0.15) is 6.04 Å². The van der Waals surface area contributed by atoms with E-state index in [1.165, 1.54) is 0 Å². The third-order valence-corrected chi connectivity index (χ3v) is 2.79. The quantitative estimate of drug-likeness (QED) is 0.622. The van der Waals surface area contributed by atoms with Gasteiger partial charge in [-0.25, -0.2) is 4.79 Å². The Balaban J connectivity index is 4.46. The normalized spacial score (nSPS) is 16.6. The van der Waals surface area contributed by atoms with Gasteiger partial charge >= 0.3 is 5.97 Å². The van der Waals surface area contributed by atoms with Gasteiger partial charge in [0.05, 0.1) is 6.04 Å². The van der Waals surface area contributed by atoms with Crippen molar-refractivity contribution in [1.29, 1.82) is 0 Å². The van der Waals surface area contributed by atoms with Gasteiger partial charge < -0.3 is 16.2 Å². The van der Waals surface area contributed by atoms with Crippen molar-refractivity contribution in [2.24, 2.45) is 17.6 Å². The molecule has 0 aliphatic heterocycles. The Labute approximate surface area is 96.4 Å². The van der Waals surface area contributed by atoms with Crippen LogP contribution in [0.25, 0.3) is 0 Å². The molecule has 5 heteroatoms. The van der Waals surface area contributed by atoms with Gasteiger partial charge in [-0.1, -0.05) is 34.1 Å². The summed E-state index contributed by atoms with van der Waals surface area (Å²) in [5.41, 5.74) is 5.71. The van der Waals surface area contributed by atoms with Crippen molar-refractivity contribution in [3.63, 3.8) is 0 Å². The maximum absolute atomic E-state index is 11.7. The number of carbonyl (C=O) groups is 2. The average Bonchev–Trinajstić information content (AvgIpc) is 2.22. The van der Waals surface area contributed by atoms with Gasteiger partial charge in [0, 0.05) is 0 Å². The number of nitrogens with one attached hydrogen (secondary N) is 1. The molecule has 0 fully saturated rings. The van der Waals surface area contributed by atoms with E-state index in [9.17, 15) is 9.59 Å². The first kappa shape index (κ1) is 14.9. The summed E-state index contributed by atoms with van der Waals surface area (Å²) in [6, 6.07) is -1.52. The van der Waals surface area contributed by atoms with Crippen molar-refractivity contribution in [2.75, 3.05) is 0 Å². The molecule has 0 aromatic heterocycles. The average molecular weight is 230 g/mol. The molecule has 94 valence electrons. The second-order valence-corrected chi connectivity index (χ2v) is 4.48. The van der Waals surface area contributed by atoms with Crippen molar-refractivity contribution in [3.8, 4) is 0 Å². The molecule has 16 heavy (non-hydrogen) atoms. The van der Waals surface area contributed by atoms with Gasteiger partial charge in [0.2, 0.25) is 5.91 Å². The fraction of sp³-hybridized carbons (Fsp3) is 0.818. The van der Waals surface area contributed by atoms with Crippen LogP contribution in [-0.2, 0) is 9.59 Å². The first-order valence-corrected chi connectivity index (χ1v) is 5.60. The molecule has 0 heterocycles.